The van der Waals surface area contributed by atoms with Gasteiger partial charge in [0.15, 0.2) is 0 Å². The number of aryl methyl sites for hydroxylation is 1. The number of rotatable bonds is 7. The number of piperazine rings is 1. The summed E-state index contributed by atoms with van der Waals surface area (Å²) in [5.74, 6) is -0.0881. The number of nitrogens with zero attached hydrogens (tertiary/aromatic N) is 2. The molecule has 2 aromatic rings. The van der Waals surface area contributed by atoms with E-state index in [4.69, 9.17) is 16.3 Å². The van der Waals surface area contributed by atoms with Crippen molar-refractivity contribution in [3.8, 4) is 0 Å². The van der Waals surface area contributed by atoms with Crippen molar-refractivity contribution in [1.29, 1.82) is 0 Å². The number of ether oxygens (including phenoxy) is 1. The number of halogens is 1. The highest BCUT2D eigenvalue weighted by Gasteiger charge is 2.25. The summed E-state index contributed by atoms with van der Waals surface area (Å²) in [5, 5.41) is 0.770. The molecule has 0 saturated carbocycles. The number of nitrogens with one attached hydrogen (secondary N) is 1. The Morgan fingerprint density at radius 1 is 1.17 bits per heavy atom. The summed E-state index contributed by atoms with van der Waals surface area (Å²) in [5.41, 5.74) is 3.74. The fourth-order valence-corrected chi connectivity index (χ4v) is 4.26. The quantitative estimate of drug-likeness (QED) is 0.551. The van der Waals surface area contributed by atoms with Gasteiger partial charge in [0, 0.05) is 23.5 Å². The maximum absolute atomic E-state index is 12.9. The number of aromatic nitrogens is 1. The molecule has 29 heavy (non-hydrogen) atoms. The molecule has 1 aromatic carbocycles. The third-order valence-electron chi connectivity index (χ3n) is 5.72. The first kappa shape index (κ1) is 21.4. The first-order valence-corrected chi connectivity index (χ1v) is 10.4. The van der Waals surface area contributed by atoms with Crippen LogP contribution in [0.5, 0.6) is 0 Å². The van der Waals surface area contributed by atoms with E-state index in [1.54, 1.807) is 0 Å². The van der Waals surface area contributed by atoms with E-state index in [-0.39, 0.29) is 11.8 Å². The van der Waals surface area contributed by atoms with Crippen LogP contribution in [0.3, 0.4) is 0 Å². The number of ketones is 1. The SMILES string of the molecule is COC(=O)CCn1c(C)cc(C(=O)C[NH+]2CCN(c3ccccc3Cl)CC2)c1C. The molecular weight excluding hydrogens is 390 g/mol. The van der Waals surface area contributed by atoms with Crippen LogP contribution in [0.2, 0.25) is 5.02 Å². The van der Waals surface area contributed by atoms with Crippen molar-refractivity contribution in [2.75, 3.05) is 44.7 Å². The molecule has 1 N–H and O–H groups in total. The largest absolute Gasteiger partial charge is 0.469 e. The Balaban J connectivity index is 1.59. The molecule has 0 unspecified atom stereocenters. The smallest absolute Gasteiger partial charge is 0.307 e. The topological polar surface area (TPSA) is 56.0 Å². The van der Waals surface area contributed by atoms with Crippen molar-refractivity contribution in [3.05, 3.63) is 52.3 Å². The number of carbonyl (C=O) groups is 2. The molecule has 1 aliphatic rings. The molecule has 156 valence electrons. The lowest BCUT2D eigenvalue weighted by Gasteiger charge is -2.33. The molecule has 1 saturated heterocycles. The molecule has 1 fully saturated rings. The Bertz CT molecular complexity index is 885. The number of hydrogen-bond donors (Lipinski definition) is 1. The minimum Gasteiger partial charge on any atom is -0.469 e. The van der Waals surface area contributed by atoms with E-state index in [1.807, 2.05) is 48.7 Å². The fourth-order valence-electron chi connectivity index (χ4n) is 4.00. The van der Waals surface area contributed by atoms with Gasteiger partial charge in [0.1, 0.15) is 6.54 Å². The van der Waals surface area contributed by atoms with E-state index in [2.05, 4.69) is 4.90 Å². The lowest BCUT2D eigenvalue weighted by molar-refractivity contribution is -0.892. The first-order chi connectivity index (χ1) is 13.9. The number of para-hydroxylation sites is 1. The zero-order valence-electron chi connectivity index (χ0n) is 17.3. The van der Waals surface area contributed by atoms with Gasteiger partial charge in [-0.2, -0.15) is 0 Å². The van der Waals surface area contributed by atoms with Crippen LogP contribution < -0.4 is 9.80 Å². The van der Waals surface area contributed by atoms with E-state index in [0.717, 1.165) is 53.8 Å². The van der Waals surface area contributed by atoms with E-state index in [1.165, 1.54) is 12.0 Å². The predicted molar refractivity (Wildman–Crippen MR) is 114 cm³/mol. The molecule has 0 amide bonds. The van der Waals surface area contributed by atoms with E-state index in [9.17, 15) is 9.59 Å². The first-order valence-electron chi connectivity index (χ1n) is 10.0. The Kier molecular flexibility index (Phi) is 6.98. The monoisotopic (exact) mass is 418 g/mol. The molecule has 0 bridgehead atoms. The average Bonchev–Trinajstić information content (AvgIpc) is 3.01. The van der Waals surface area contributed by atoms with Gasteiger partial charge in [-0.05, 0) is 32.0 Å². The van der Waals surface area contributed by atoms with E-state index in [0.29, 0.717) is 19.5 Å². The highest BCUT2D eigenvalue weighted by atomic mass is 35.5. The van der Waals surface area contributed by atoms with Gasteiger partial charge in [-0.3, -0.25) is 9.59 Å². The second kappa shape index (κ2) is 9.46. The summed E-state index contributed by atoms with van der Waals surface area (Å²) in [6.45, 7) is 8.49. The summed E-state index contributed by atoms with van der Waals surface area (Å²) in [4.78, 5) is 28.0. The number of hydrogen-bond acceptors (Lipinski definition) is 4. The van der Waals surface area contributed by atoms with E-state index >= 15 is 0 Å². The Morgan fingerprint density at radius 2 is 1.86 bits per heavy atom. The Hall–Kier alpha value is -2.31. The second-order valence-corrected chi connectivity index (χ2v) is 7.96. The summed E-state index contributed by atoms with van der Waals surface area (Å²) in [6, 6.07) is 9.83. The van der Waals surface area contributed by atoms with Crippen LogP contribution in [-0.2, 0) is 16.1 Å². The summed E-state index contributed by atoms with van der Waals surface area (Å²) < 4.78 is 6.74. The molecular formula is C22H29ClN3O3+. The number of Topliss-reactive ketones (excluding diaryl/α,β-unsaturated/α-hetero) is 1. The summed E-state index contributed by atoms with van der Waals surface area (Å²) in [6.07, 6.45) is 0.301. The lowest BCUT2D eigenvalue weighted by Crippen LogP contribution is -3.15. The maximum Gasteiger partial charge on any atom is 0.307 e. The third-order valence-corrected chi connectivity index (χ3v) is 6.04. The van der Waals surface area contributed by atoms with Gasteiger partial charge >= 0.3 is 5.97 Å². The molecule has 6 nitrogen and oxygen atoms in total. The molecule has 0 radical (unpaired) electrons. The van der Waals surface area contributed by atoms with Crippen LogP contribution in [0, 0.1) is 13.8 Å². The molecule has 0 aliphatic carbocycles. The van der Waals surface area contributed by atoms with Gasteiger partial charge in [-0.15, -0.1) is 0 Å². The molecule has 7 heteroatoms. The van der Waals surface area contributed by atoms with Gasteiger partial charge < -0.3 is 19.1 Å². The third kappa shape index (κ3) is 5.00. The molecule has 1 aromatic heterocycles. The van der Waals surface area contributed by atoms with Crippen LogP contribution in [-0.4, -0.2) is 56.2 Å². The summed E-state index contributed by atoms with van der Waals surface area (Å²) in [7, 11) is 1.39. The van der Waals surface area contributed by atoms with Crippen molar-refractivity contribution in [2.45, 2.75) is 26.8 Å². The van der Waals surface area contributed by atoms with Crippen molar-refractivity contribution in [3.63, 3.8) is 0 Å². The van der Waals surface area contributed by atoms with Gasteiger partial charge in [0.2, 0.25) is 5.78 Å². The van der Waals surface area contributed by atoms with Crippen molar-refractivity contribution in [2.24, 2.45) is 0 Å². The fraction of sp³-hybridized carbons (Fsp3) is 0.455. The Labute approximate surface area is 177 Å². The van der Waals surface area contributed by atoms with Gasteiger partial charge in [-0.25, -0.2) is 0 Å². The highest BCUT2D eigenvalue weighted by molar-refractivity contribution is 6.33. The second-order valence-electron chi connectivity index (χ2n) is 7.55. The number of benzene rings is 1. The van der Waals surface area contributed by atoms with Crippen molar-refractivity contribution < 1.29 is 19.2 Å². The van der Waals surface area contributed by atoms with Crippen molar-refractivity contribution >= 4 is 29.0 Å². The molecule has 2 heterocycles. The van der Waals surface area contributed by atoms with Gasteiger partial charge in [0.05, 0.1) is 50.4 Å². The lowest BCUT2D eigenvalue weighted by atomic mass is 10.1. The molecule has 1 aliphatic heterocycles. The van der Waals surface area contributed by atoms with Crippen LogP contribution in [0.15, 0.2) is 30.3 Å². The van der Waals surface area contributed by atoms with E-state index < -0.39 is 0 Å². The number of carbonyl (C=O) groups excluding carboxylic acids is 2. The normalized spacial score (nSPS) is 14.8. The van der Waals surface area contributed by atoms with Gasteiger partial charge in [-0.1, -0.05) is 23.7 Å². The Morgan fingerprint density at radius 3 is 2.52 bits per heavy atom. The van der Waals surface area contributed by atoms with Crippen LogP contribution in [0.1, 0.15) is 28.2 Å². The maximum atomic E-state index is 12.9. The molecule has 0 spiro atoms. The van der Waals surface area contributed by atoms with Crippen molar-refractivity contribution in [1.82, 2.24) is 4.57 Å². The minimum atomic E-state index is -0.244. The van der Waals surface area contributed by atoms with Crippen LogP contribution >= 0.6 is 11.6 Å². The number of anilines is 1. The van der Waals surface area contributed by atoms with Crippen LogP contribution in [0.4, 0.5) is 5.69 Å². The zero-order chi connectivity index (χ0) is 21.0. The average molecular weight is 419 g/mol. The number of methoxy groups -OCH3 is 1. The van der Waals surface area contributed by atoms with Gasteiger partial charge in [0.25, 0.3) is 0 Å². The minimum absolute atomic E-state index is 0.156. The molecule has 3 rings (SSSR count). The standard InChI is InChI=1S/C22H28ClN3O3/c1-16-14-18(17(2)26(16)9-8-22(28)29-3)21(27)15-24-10-12-25(13-11-24)20-7-5-4-6-19(20)23/h4-7,14H,8-13,15H2,1-3H3/p+1. The van der Waals surface area contributed by atoms with Crippen LogP contribution in [0.25, 0.3) is 0 Å². The number of esters is 1. The predicted octanol–water partition coefficient (Wildman–Crippen LogP) is 1.91. The molecule has 0 atom stereocenters. The summed E-state index contributed by atoms with van der Waals surface area (Å²) >= 11 is 6.31. The highest BCUT2D eigenvalue weighted by Crippen LogP contribution is 2.24. The number of quaternary nitrogens is 1. The zero-order valence-corrected chi connectivity index (χ0v) is 18.1.